The van der Waals surface area contributed by atoms with Crippen molar-refractivity contribution in [3.05, 3.63) is 29.1 Å². The van der Waals surface area contributed by atoms with E-state index in [-0.39, 0.29) is 5.57 Å². The average molecular weight is 186 g/mol. The average Bonchev–Trinajstić information content (AvgIpc) is 2.22. The maximum Gasteiger partial charge on any atom is 0.132 e. The fraction of sp³-hybridized carbons (Fsp3) is 0. The van der Waals surface area contributed by atoms with Gasteiger partial charge in [0.15, 0.2) is 0 Å². The highest BCUT2D eigenvalue weighted by atomic mass is 19.1. The lowest BCUT2D eigenvalue weighted by Gasteiger charge is -1.84. The molecule has 0 aromatic carbocycles. The third-order valence-electron chi connectivity index (χ3n) is 1.06. The molecule has 0 rings (SSSR count). The molecule has 0 radical (unpaired) electrons. The van der Waals surface area contributed by atoms with Crippen molar-refractivity contribution in [2.75, 3.05) is 0 Å². The van der Waals surface area contributed by atoms with Gasteiger partial charge in [-0.05, 0) is 5.87 Å². The molecule has 0 atom stereocenters. The number of halogens is 1. The Bertz CT molecular complexity index is 443. The highest BCUT2D eigenvalue weighted by molar-refractivity contribution is 5.65. The topological polar surface area (TPSA) is 95.2 Å². The van der Waals surface area contributed by atoms with E-state index in [1.54, 1.807) is 5.87 Å². The molecule has 0 saturated carbocycles. The van der Waals surface area contributed by atoms with E-state index in [9.17, 15) is 4.39 Å². The van der Waals surface area contributed by atoms with Crippen molar-refractivity contribution in [1.29, 1.82) is 21.2 Å². The normalized spacial score (nSPS) is 8.57. The molecular formula is C9H3FN4. The van der Waals surface area contributed by atoms with Gasteiger partial charge in [-0.1, -0.05) is 0 Å². The predicted molar refractivity (Wildman–Crippen MR) is 45.4 cm³/mol. The molecule has 0 bridgehead atoms. The highest BCUT2D eigenvalue weighted by Crippen LogP contribution is 2.05. The maximum absolute atomic E-state index is 12.8. The van der Waals surface area contributed by atoms with E-state index in [0.717, 1.165) is 0 Å². The van der Waals surface area contributed by atoms with Gasteiger partial charge < -0.3 is 0 Å². The summed E-state index contributed by atoms with van der Waals surface area (Å²) in [6.45, 7) is 0. The number of hydrogen-bond acceptors (Lipinski definition) is 4. The minimum Gasteiger partial charge on any atom is -0.258 e. The Kier molecular flexibility index (Phi) is 4.79. The number of hydrogen-bond donors (Lipinski definition) is 1. The van der Waals surface area contributed by atoms with Gasteiger partial charge in [0.2, 0.25) is 0 Å². The molecule has 0 saturated heterocycles. The second-order valence-electron chi connectivity index (χ2n) is 1.96. The Balaban J connectivity index is 5.05. The molecule has 0 spiro atoms. The van der Waals surface area contributed by atoms with Gasteiger partial charge >= 0.3 is 0 Å². The molecule has 0 aromatic heterocycles. The van der Waals surface area contributed by atoms with E-state index in [0.29, 0.717) is 12.2 Å². The molecule has 0 heterocycles. The van der Waals surface area contributed by atoms with Crippen LogP contribution in [0, 0.1) is 39.4 Å². The van der Waals surface area contributed by atoms with Crippen molar-refractivity contribution in [3.8, 4) is 18.2 Å². The van der Waals surface area contributed by atoms with Gasteiger partial charge in [-0.15, -0.1) is 0 Å². The van der Waals surface area contributed by atoms with Crippen molar-refractivity contribution in [2.24, 2.45) is 0 Å². The summed E-state index contributed by atoms with van der Waals surface area (Å²) in [4.78, 5) is 0. The van der Waals surface area contributed by atoms with Gasteiger partial charge in [-0.2, -0.15) is 15.8 Å². The number of rotatable bonds is 2. The molecule has 4 nitrogen and oxygen atoms in total. The van der Waals surface area contributed by atoms with Gasteiger partial charge in [0.1, 0.15) is 35.2 Å². The van der Waals surface area contributed by atoms with E-state index >= 15 is 0 Å². The molecule has 0 amide bonds. The van der Waals surface area contributed by atoms with E-state index in [1.807, 2.05) is 0 Å². The third kappa shape index (κ3) is 3.64. The quantitative estimate of drug-likeness (QED) is 0.402. The van der Waals surface area contributed by atoms with Crippen LogP contribution in [0.5, 0.6) is 0 Å². The summed E-state index contributed by atoms with van der Waals surface area (Å²) in [5, 5.41) is 31.4. The van der Waals surface area contributed by atoms with Crippen molar-refractivity contribution in [1.82, 2.24) is 0 Å². The summed E-state index contributed by atoms with van der Waals surface area (Å²) in [7, 11) is 0. The van der Waals surface area contributed by atoms with Gasteiger partial charge in [0, 0.05) is 12.2 Å². The molecule has 14 heavy (non-hydrogen) atoms. The second kappa shape index (κ2) is 5.91. The molecule has 0 aliphatic heterocycles. The minimum absolute atomic E-state index is 0.325. The van der Waals surface area contributed by atoms with Crippen LogP contribution in [0.15, 0.2) is 29.1 Å². The number of nitrogens with one attached hydrogen (secondary N) is 1. The minimum atomic E-state index is -0.945. The van der Waals surface area contributed by atoms with E-state index < -0.39 is 11.4 Å². The SMILES string of the molecule is N#CC(=C=N)/C=C(/F)C=C(C#N)C#N. The lowest BCUT2D eigenvalue weighted by atomic mass is 10.2. The Morgan fingerprint density at radius 1 is 1.07 bits per heavy atom. The van der Waals surface area contributed by atoms with Crippen LogP contribution in [0.4, 0.5) is 4.39 Å². The van der Waals surface area contributed by atoms with Crippen molar-refractivity contribution in [3.63, 3.8) is 0 Å². The molecule has 1 N–H and O–H groups in total. The number of nitriles is 3. The first kappa shape index (κ1) is 11.3. The Hall–Kier alpha value is -2.67. The number of nitrogens with zero attached hydrogens (tertiary/aromatic N) is 3. The zero-order chi connectivity index (χ0) is 11.0. The standard InChI is InChI=1S/C9H3FN4/c10-9(1-7(3-11)4-12)2-8(5-13)6-14/h1-2,11H/b9-1+. The van der Waals surface area contributed by atoms with Crippen LogP contribution < -0.4 is 0 Å². The Morgan fingerprint density at radius 2 is 1.64 bits per heavy atom. The Labute approximate surface area is 79.6 Å². The van der Waals surface area contributed by atoms with Crippen molar-refractivity contribution in [2.45, 2.75) is 0 Å². The lowest BCUT2D eigenvalue weighted by Crippen LogP contribution is -1.77. The summed E-state index contributed by atoms with van der Waals surface area (Å²) in [6, 6.07) is 4.40. The summed E-state index contributed by atoms with van der Waals surface area (Å²) >= 11 is 0. The number of allylic oxidation sites excluding steroid dienone is 5. The van der Waals surface area contributed by atoms with E-state index in [1.165, 1.54) is 18.2 Å². The molecule has 0 aromatic rings. The molecular weight excluding hydrogens is 183 g/mol. The maximum atomic E-state index is 12.8. The molecule has 0 aliphatic carbocycles. The predicted octanol–water partition coefficient (Wildman–Crippen LogP) is 1.51. The van der Waals surface area contributed by atoms with Crippen LogP contribution in [-0.4, -0.2) is 5.87 Å². The van der Waals surface area contributed by atoms with Crippen LogP contribution in [-0.2, 0) is 0 Å². The van der Waals surface area contributed by atoms with E-state index in [2.05, 4.69) is 0 Å². The largest absolute Gasteiger partial charge is 0.258 e. The molecule has 66 valence electrons. The highest BCUT2D eigenvalue weighted by Gasteiger charge is 1.97. The summed E-state index contributed by atoms with van der Waals surface area (Å²) < 4.78 is 12.8. The monoisotopic (exact) mass is 186 g/mol. The smallest absolute Gasteiger partial charge is 0.132 e. The fourth-order valence-corrected chi connectivity index (χ4v) is 0.503. The lowest BCUT2D eigenvalue weighted by molar-refractivity contribution is 0.666. The third-order valence-corrected chi connectivity index (χ3v) is 1.06. The Morgan fingerprint density at radius 3 is 2.00 bits per heavy atom. The van der Waals surface area contributed by atoms with Gasteiger partial charge in [-0.3, -0.25) is 5.41 Å². The summed E-state index contributed by atoms with van der Waals surface area (Å²) in [6.07, 6.45) is 1.39. The zero-order valence-corrected chi connectivity index (χ0v) is 6.87. The first-order valence-electron chi connectivity index (χ1n) is 3.26. The first-order chi connectivity index (χ1) is 6.67. The van der Waals surface area contributed by atoms with Crippen LogP contribution >= 0.6 is 0 Å². The zero-order valence-electron chi connectivity index (χ0n) is 6.87. The van der Waals surface area contributed by atoms with Crippen LogP contribution in [0.1, 0.15) is 0 Å². The van der Waals surface area contributed by atoms with Gasteiger partial charge in [-0.25, -0.2) is 4.39 Å². The molecule has 0 aliphatic rings. The first-order valence-corrected chi connectivity index (χ1v) is 3.26. The molecule has 0 unspecified atom stereocenters. The van der Waals surface area contributed by atoms with Crippen molar-refractivity contribution >= 4 is 5.87 Å². The summed E-state index contributed by atoms with van der Waals surface area (Å²) in [5.41, 5.74) is -0.741. The fourth-order valence-electron chi connectivity index (χ4n) is 0.503. The van der Waals surface area contributed by atoms with E-state index in [4.69, 9.17) is 21.2 Å². The summed E-state index contributed by atoms with van der Waals surface area (Å²) in [5.74, 6) is 0.741. The van der Waals surface area contributed by atoms with Crippen LogP contribution in [0.25, 0.3) is 0 Å². The molecule has 0 fully saturated rings. The van der Waals surface area contributed by atoms with Gasteiger partial charge in [0.25, 0.3) is 0 Å². The molecule has 5 heteroatoms. The van der Waals surface area contributed by atoms with Crippen LogP contribution in [0.3, 0.4) is 0 Å². The van der Waals surface area contributed by atoms with Crippen LogP contribution in [0.2, 0.25) is 0 Å². The van der Waals surface area contributed by atoms with Crippen molar-refractivity contribution < 1.29 is 4.39 Å². The van der Waals surface area contributed by atoms with Gasteiger partial charge in [0.05, 0.1) is 0 Å². The second-order valence-corrected chi connectivity index (χ2v) is 1.96.